The number of hydrogen-bond donors (Lipinski definition) is 3. The maximum absolute atomic E-state index is 15.2. The molecular weight excluding hydrogens is 341 g/mol. The lowest BCUT2D eigenvalue weighted by Crippen LogP contribution is -2.47. The zero-order chi connectivity index (χ0) is 18.7. The molecule has 1 saturated heterocycles. The van der Waals surface area contributed by atoms with E-state index in [0.29, 0.717) is 29.7 Å². The fourth-order valence-corrected chi connectivity index (χ4v) is 4.01. The highest BCUT2D eigenvalue weighted by atomic mass is 19.1. The van der Waals surface area contributed by atoms with Crippen LogP contribution in [-0.2, 0) is 0 Å². The average Bonchev–Trinajstić information content (AvgIpc) is 3.40. The van der Waals surface area contributed by atoms with Crippen LogP contribution < -0.4 is 16.1 Å². The molecule has 7 nitrogen and oxygen atoms in total. The molecule has 1 aromatic carbocycles. The molecule has 0 radical (unpaired) electrons. The number of piperidine rings is 1. The molecule has 2 heterocycles. The van der Waals surface area contributed by atoms with Crippen molar-refractivity contribution in [3.05, 3.63) is 37.8 Å². The molecular formula is C18H22FN3O4. The van der Waals surface area contributed by atoms with E-state index in [4.69, 9.17) is 0 Å². The van der Waals surface area contributed by atoms with Gasteiger partial charge in [0.2, 0.25) is 0 Å². The van der Waals surface area contributed by atoms with Crippen molar-refractivity contribution in [1.29, 1.82) is 0 Å². The number of H-pyrrole nitrogens is 1. The minimum atomic E-state index is -0.969. The van der Waals surface area contributed by atoms with Gasteiger partial charge in [-0.05, 0) is 33.1 Å². The SMILES string of the molecule is Cc1c(F)c(N2CCC(O)C(O)C2)c(C)c2c1c(=O)[nH]c(=O)n2C1CC1. The van der Waals surface area contributed by atoms with Crippen LogP contribution in [0.25, 0.3) is 10.9 Å². The van der Waals surface area contributed by atoms with Crippen molar-refractivity contribution in [3.63, 3.8) is 0 Å². The van der Waals surface area contributed by atoms with Crippen LogP contribution in [0.15, 0.2) is 9.59 Å². The first kappa shape index (κ1) is 17.2. The Morgan fingerprint density at radius 3 is 2.38 bits per heavy atom. The van der Waals surface area contributed by atoms with Crippen LogP contribution >= 0.6 is 0 Å². The lowest BCUT2D eigenvalue weighted by Gasteiger charge is -2.36. The second-order valence-electron chi connectivity index (χ2n) is 7.37. The minimum Gasteiger partial charge on any atom is -0.390 e. The molecule has 3 N–H and O–H groups in total. The smallest absolute Gasteiger partial charge is 0.329 e. The summed E-state index contributed by atoms with van der Waals surface area (Å²) in [5.41, 5.74) is 0.413. The molecule has 1 saturated carbocycles. The molecule has 0 amide bonds. The molecule has 8 heteroatoms. The van der Waals surface area contributed by atoms with Gasteiger partial charge < -0.3 is 15.1 Å². The van der Waals surface area contributed by atoms with Crippen molar-refractivity contribution in [1.82, 2.24) is 9.55 Å². The fourth-order valence-electron chi connectivity index (χ4n) is 4.01. The number of anilines is 1. The van der Waals surface area contributed by atoms with Gasteiger partial charge in [0.1, 0.15) is 0 Å². The van der Waals surface area contributed by atoms with Gasteiger partial charge in [-0.2, -0.15) is 0 Å². The van der Waals surface area contributed by atoms with Gasteiger partial charge in [-0.15, -0.1) is 0 Å². The summed E-state index contributed by atoms with van der Waals surface area (Å²) in [6.45, 7) is 3.72. The van der Waals surface area contributed by atoms with Gasteiger partial charge in [0.05, 0.1) is 28.8 Å². The van der Waals surface area contributed by atoms with Crippen molar-refractivity contribution in [2.45, 2.75) is 51.4 Å². The predicted octanol–water partition coefficient (Wildman–Crippen LogP) is 0.713. The van der Waals surface area contributed by atoms with Gasteiger partial charge in [0.15, 0.2) is 5.82 Å². The number of benzene rings is 1. The van der Waals surface area contributed by atoms with E-state index in [9.17, 15) is 19.8 Å². The Labute approximate surface area is 148 Å². The predicted molar refractivity (Wildman–Crippen MR) is 95.4 cm³/mol. The molecule has 1 aliphatic heterocycles. The maximum atomic E-state index is 15.2. The van der Waals surface area contributed by atoms with E-state index < -0.39 is 29.3 Å². The van der Waals surface area contributed by atoms with Crippen LogP contribution in [0.1, 0.15) is 36.4 Å². The van der Waals surface area contributed by atoms with Crippen LogP contribution in [-0.4, -0.2) is 45.1 Å². The molecule has 2 aliphatic rings. The second kappa shape index (κ2) is 5.92. The standard InChI is InChI=1S/C18H22FN3O4/c1-8-13-15(22(10-3-4-10)18(26)20-17(13)25)9(2)16(14(8)19)21-6-5-11(23)12(24)7-21/h10-12,23-24H,3-7H2,1-2H3,(H,20,25,26). The third-order valence-corrected chi connectivity index (χ3v) is 5.54. The van der Waals surface area contributed by atoms with E-state index in [1.165, 1.54) is 6.92 Å². The quantitative estimate of drug-likeness (QED) is 0.730. The highest BCUT2D eigenvalue weighted by Gasteiger charge is 2.33. The molecule has 4 rings (SSSR count). The largest absolute Gasteiger partial charge is 0.390 e. The van der Waals surface area contributed by atoms with E-state index in [-0.39, 0.29) is 23.5 Å². The van der Waals surface area contributed by atoms with Crippen molar-refractivity contribution < 1.29 is 14.6 Å². The van der Waals surface area contributed by atoms with Crippen LogP contribution in [0.2, 0.25) is 0 Å². The van der Waals surface area contributed by atoms with E-state index in [1.807, 2.05) is 0 Å². The molecule has 2 unspecified atom stereocenters. The van der Waals surface area contributed by atoms with Crippen LogP contribution in [0.4, 0.5) is 10.1 Å². The number of β-amino-alcohol motifs (C(OH)–C–C–N with tert-alkyl or cyclic N) is 1. The van der Waals surface area contributed by atoms with Gasteiger partial charge >= 0.3 is 5.69 Å². The zero-order valence-corrected chi connectivity index (χ0v) is 14.8. The van der Waals surface area contributed by atoms with Gasteiger partial charge in [0.25, 0.3) is 5.56 Å². The first-order chi connectivity index (χ1) is 12.3. The summed E-state index contributed by atoms with van der Waals surface area (Å²) < 4.78 is 16.8. The first-order valence-corrected chi connectivity index (χ1v) is 8.89. The lowest BCUT2D eigenvalue weighted by molar-refractivity contribution is 0.00787. The number of aromatic nitrogens is 2. The molecule has 26 heavy (non-hydrogen) atoms. The summed E-state index contributed by atoms with van der Waals surface area (Å²) in [5, 5.41) is 19.9. The number of aryl methyl sites for hydroxylation is 2. The molecule has 140 valence electrons. The Hall–Kier alpha value is -2.19. The van der Waals surface area contributed by atoms with Crippen molar-refractivity contribution >= 4 is 16.6 Å². The highest BCUT2D eigenvalue weighted by molar-refractivity contribution is 5.90. The van der Waals surface area contributed by atoms with Crippen molar-refractivity contribution in [2.24, 2.45) is 0 Å². The van der Waals surface area contributed by atoms with Gasteiger partial charge in [-0.25, -0.2) is 9.18 Å². The molecule has 2 fully saturated rings. The second-order valence-corrected chi connectivity index (χ2v) is 7.37. The number of nitrogens with one attached hydrogen (secondary N) is 1. The first-order valence-electron chi connectivity index (χ1n) is 8.89. The Balaban J connectivity index is 2.02. The van der Waals surface area contributed by atoms with Crippen LogP contribution in [0.3, 0.4) is 0 Å². The molecule has 1 aromatic heterocycles. The Bertz CT molecular complexity index is 1010. The third-order valence-electron chi connectivity index (χ3n) is 5.54. The summed E-state index contributed by atoms with van der Waals surface area (Å²) in [6.07, 6.45) is 0.218. The summed E-state index contributed by atoms with van der Waals surface area (Å²) in [7, 11) is 0. The Kier molecular flexibility index (Phi) is 3.92. The van der Waals surface area contributed by atoms with Gasteiger partial charge in [0, 0.05) is 30.3 Å². The average molecular weight is 363 g/mol. The number of nitrogens with zero attached hydrogens (tertiary/aromatic N) is 2. The van der Waals surface area contributed by atoms with Crippen molar-refractivity contribution in [3.8, 4) is 0 Å². The number of aliphatic hydroxyl groups excluding tert-OH is 2. The van der Waals surface area contributed by atoms with Gasteiger partial charge in [-0.3, -0.25) is 14.3 Å². The summed E-state index contributed by atoms with van der Waals surface area (Å²) in [6, 6.07) is 0.0204. The molecule has 0 spiro atoms. The molecule has 2 atom stereocenters. The number of hydrogen-bond acceptors (Lipinski definition) is 5. The van der Waals surface area contributed by atoms with Crippen LogP contribution in [0, 0.1) is 19.7 Å². The third kappa shape index (κ3) is 2.47. The van der Waals surface area contributed by atoms with E-state index in [1.54, 1.807) is 16.4 Å². The number of aliphatic hydroxyl groups is 2. The highest BCUT2D eigenvalue weighted by Crippen LogP contribution is 2.40. The normalized spacial score (nSPS) is 23.7. The topological polar surface area (TPSA) is 98.6 Å². The molecule has 0 bridgehead atoms. The summed E-state index contributed by atoms with van der Waals surface area (Å²) in [5.74, 6) is -0.523. The molecule has 1 aliphatic carbocycles. The number of rotatable bonds is 2. The van der Waals surface area contributed by atoms with E-state index in [0.717, 1.165) is 12.8 Å². The fraction of sp³-hybridized carbons (Fsp3) is 0.556. The van der Waals surface area contributed by atoms with Gasteiger partial charge in [-0.1, -0.05) is 0 Å². The monoisotopic (exact) mass is 363 g/mol. The van der Waals surface area contributed by atoms with Crippen LogP contribution in [0.5, 0.6) is 0 Å². The summed E-state index contributed by atoms with van der Waals surface area (Å²) >= 11 is 0. The minimum absolute atomic E-state index is 0.0204. The Morgan fingerprint density at radius 1 is 1.08 bits per heavy atom. The lowest BCUT2D eigenvalue weighted by atomic mass is 9.98. The molecule has 2 aromatic rings. The van der Waals surface area contributed by atoms with E-state index in [2.05, 4.69) is 4.98 Å². The summed E-state index contributed by atoms with van der Waals surface area (Å²) in [4.78, 5) is 28.8. The number of halogens is 1. The Morgan fingerprint density at radius 2 is 1.77 bits per heavy atom. The van der Waals surface area contributed by atoms with Crippen molar-refractivity contribution in [2.75, 3.05) is 18.0 Å². The number of aromatic amines is 1. The maximum Gasteiger partial charge on any atom is 0.329 e. The zero-order valence-electron chi connectivity index (χ0n) is 14.8. The van der Waals surface area contributed by atoms with E-state index >= 15 is 4.39 Å². The number of fused-ring (bicyclic) bond motifs is 1.